The number of benzene rings is 2. The molecular weight excluding hydrogens is 278 g/mol. The molecule has 0 atom stereocenters. The summed E-state index contributed by atoms with van der Waals surface area (Å²) in [6.07, 6.45) is 0. The smallest absolute Gasteiger partial charge is 0.278 e. The zero-order chi connectivity index (χ0) is 15.5. The van der Waals surface area contributed by atoms with Gasteiger partial charge in [0.05, 0.1) is 24.2 Å². The van der Waals surface area contributed by atoms with Crippen molar-refractivity contribution in [3.05, 3.63) is 58.9 Å². The first-order valence-corrected chi connectivity index (χ1v) is 6.75. The third-order valence-electron chi connectivity index (χ3n) is 3.43. The Bertz CT molecular complexity index is 924. The van der Waals surface area contributed by atoms with Crippen LogP contribution in [0.4, 0.5) is 0 Å². The maximum absolute atomic E-state index is 12.7. The van der Waals surface area contributed by atoms with Gasteiger partial charge in [0.1, 0.15) is 18.0 Å². The molecule has 0 aliphatic heterocycles. The molecule has 22 heavy (non-hydrogen) atoms. The Balaban J connectivity index is 2.35. The molecule has 2 aromatic carbocycles. The lowest BCUT2D eigenvalue weighted by molar-refractivity contribution is 0.415. The third-order valence-corrected chi connectivity index (χ3v) is 3.43. The van der Waals surface area contributed by atoms with Crippen LogP contribution in [-0.2, 0) is 6.54 Å². The van der Waals surface area contributed by atoms with E-state index in [1.54, 1.807) is 25.3 Å². The third kappa shape index (κ3) is 2.31. The fraction of sp³-hybridized carbons (Fsp3) is 0.118. The Morgan fingerprint density at radius 2 is 2.00 bits per heavy atom. The number of nitrogens with zero attached hydrogens (tertiary/aromatic N) is 3. The van der Waals surface area contributed by atoms with Crippen LogP contribution in [0.1, 0.15) is 0 Å². The second kappa shape index (κ2) is 5.70. The van der Waals surface area contributed by atoms with Gasteiger partial charge in [0.25, 0.3) is 5.56 Å². The molecule has 5 nitrogen and oxygen atoms in total. The van der Waals surface area contributed by atoms with Crippen LogP contribution >= 0.6 is 0 Å². The van der Waals surface area contributed by atoms with Crippen LogP contribution in [0.3, 0.4) is 0 Å². The highest BCUT2D eigenvalue weighted by Crippen LogP contribution is 2.21. The zero-order valence-corrected chi connectivity index (χ0v) is 12.0. The second-order valence-corrected chi connectivity index (χ2v) is 4.73. The molecule has 0 saturated carbocycles. The van der Waals surface area contributed by atoms with Gasteiger partial charge in [-0.2, -0.15) is 5.26 Å². The van der Waals surface area contributed by atoms with Crippen molar-refractivity contribution in [1.82, 2.24) is 9.55 Å². The first kappa shape index (κ1) is 13.8. The topological polar surface area (TPSA) is 67.9 Å². The van der Waals surface area contributed by atoms with Gasteiger partial charge in [-0.3, -0.25) is 9.36 Å². The average molecular weight is 291 g/mol. The van der Waals surface area contributed by atoms with Gasteiger partial charge in [0, 0.05) is 11.6 Å². The van der Waals surface area contributed by atoms with Gasteiger partial charge >= 0.3 is 0 Å². The molecule has 0 bridgehead atoms. The highest BCUT2D eigenvalue weighted by Gasteiger charge is 2.13. The summed E-state index contributed by atoms with van der Waals surface area (Å²) in [6.45, 7) is -0.0369. The summed E-state index contributed by atoms with van der Waals surface area (Å²) in [6, 6.07) is 16.6. The number of hydrogen-bond acceptors (Lipinski definition) is 4. The van der Waals surface area contributed by atoms with Gasteiger partial charge in [-0.25, -0.2) is 4.98 Å². The highest BCUT2D eigenvalue weighted by molar-refractivity contribution is 5.79. The van der Waals surface area contributed by atoms with E-state index in [0.29, 0.717) is 22.5 Å². The van der Waals surface area contributed by atoms with Gasteiger partial charge in [0.15, 0.2) is 0 Å². The lowest BCUT2D eigenvalue weighted by atomic mass is 10.1. The van der Waals surface area contributed by atoms with Gasteiger partial charge in [-0.15, -0.1) is 0 Å². The summed E-state index contributed by atoms with van der Waals surface area (Å²) in [7, 11) is 1.56. The van der Waals surface area contributed by atoms with E-state index in [1.807, 2.05) is 36.4 Å². The fourth-order valence-electron chi connectivity index (χ4n) is 2.36. The number of aromatic nitrogens is 2. The quantitative estimate of drug-likeness (QED) is 0.744. The van der Waals surface area contributed by atoms with Crippen molar-refractivity contribution in [2.24, 2.45) is 0 Å². The van der Waals surface area contributed by atoms with Crippen LogP contribution in [0.25, 0.3) is 22.3 Å². The highest BCUT2D eigenvalue weighted by atomic mass is 16.5. The maximum Gasteiger partial charge on any atom is 0.278 e. The molecule has 1 heterocycles. The fourth-order valence-corrected chi connectivity index (χ4v) is 2.36. The van der Waals surface area contributed by atoms with Crippen LogP contribution in [0.15, 0.2) is 53.3 Å². The van der Waals surface area contributed by atoms with Crippen LogP contribution in [0, 0.1) is 11.3 Å². The van der Waals surface area contributed by atoms with E-state index in [2.05, 4.69) is 4.98 Å². The summed E-state index contributed by atoms with van der Waals surface area (Å²) in [4.78, 5) is 17.1. The molecule has 0 spiro atoms. The normalized spacial score (nSPS) is 10.4. The van der Waals surface area contributed by atoms with Crippen molar-refractivity contribution in [3.8, 4) is 23.1 Å². The molecule has 0 aliphatic carbocycles. The SMILES string of the molecule is COc1ccc2nc(-c3ccccc3)c(=O)n(CC#N)c2c1. The Hall–Kier alpha value is -3.13. The van der Waals surface area contributed by atoms with Gasteiger partial charge < -0.3 is 4.74 Å². The van der Waals surface area contributed by atoms with E-state index >= 15 is 0 Å². The van der Waals surface area contributed by atoms with Crippen molar-refractivity contribution in [2.75, 3.05) is 7.11 Å². The predicted molar refractivity (Wildman–Crippen MR) is 83.6 cm³/mol. The number of methoxy groups -OCH3 is 1. The largest absolute Gasteiger partial charge is 0.497 e. The minimum Gasteiger partial charge on any atom is -0.497 e. The number of hydrogen-bond donors (Lipinski definition) is 0. The number of ether oxygens (including phenoxy) is 1. The first-order chi connectivity index (χ1) is 10.7. The average Bonchev–Trinajstić information content (AvgIpc) is 2.57. The van der Waals surface area contributed by atoms with Crippen LogP contribution in [0.5, 0.6) is 5.75 Å². The summed E-state index contributed by atoms with van der Waals surface area (Å²) in [5, 5.41) is 9.03. The Labute approximate surface area is 127 Å². The van der Waals surface area contributed by atoms with Crippen LogP contribution < -0.4 is 10.3 Å². The number of fused-ring (bicyclic) bond motifs is 1. The predicted octanol–water partition coefficient (Wildman–Crippen LogP) is 2.60. The van der Waals surface area contributed by atoms with Crippen molar-refractivity contribution >= 4 is 11.0 Å². The molecule has 108 valence electrons. The van der Waals surface area contributed by atoms with Gasteiger partial charge in [-0.05, 0) is 12.1 Å². The molecular formula is C17H13N3O2. The first-order valence-electron chi connectivity index (χ1n) is 6.75. The van der Waals surface area contributed by atoms with E-state index in [1.165, 1.54) is 4.57 Å². The maximum atomic E-state index is 12.7. The molecule has 0 aliphatic rings. The lowest BCUT2D eigenvalue weighted by Gasteiger charge is -2.10. The van der Waals surface area contributed by atoms with Crippen molar-refractivity contribution in [2.45, 2.75) is 6.54 Å². The molecule has 1 aromatic heterocycles. The van der Waals surface area contributed by atoms with Gasteiger partial charge in [-0.1, -0.05) is 30.3 Å². The van der Waals surface area contributed by atoms with E-state index in [0.717, 1.165) is 5.56 Å². The Kier molecular flexibility index (Phi) is 3.58. The number of nitriles is 1. The van der Waals surface area contributed by atoms with E-state index in [4.69, 9.17) is 10.00 Å². The summed E-state index contributed by atoms with van der Waals surface area (Å²) in [5.74, 6) is 0.618. The molecule has 3 rings (SSSR count). The molecule has 0 radical (unpaired) electrons. The van der Waals surface area contributed by atoms with Crippen LogP contribution in [-0.4, -0.2) is 16.7 Å². The molecule has 3 aromatic rings. The summed E-state index contributed by atoms with van der Waals surface area (Å²) < 4.78 is 6.61. The minimum absolute atomic E-state index is 0.0369. The molecule has 5 heteroatoms. The Morgan fingerprint density at radius 3 is 2.68 bits per heavy atom. The lowest BCUT2D eigenvalue weighted by Crippen LogP contribution is -2.23. The zero-order valence-electron chi connectivity index (χ0n) is 12.0. The minimum atomic E-state index is -0.284. The van der Waals surface area contributed by atoms with Crippen LogP contribution in [0.2, 0.25) is 0 Å². The van der Waals surface area contributed by atoms with Crippen molar-refractivity contribution < 1.29 is 4.74 Å². The molecule has 0 unspecified atom stereocenters. The molecule has 0 N–H and O–H groups in total. The monoisotopic (exact) mass is 291 g/mol. The summed E-state index contributed by atoms with van der Waals surface area (Å²) in [5.41, 5.74) is 2.03. The molecule has 0 saturated heterocycles. The van der Waals surface area contributed by atoms with Crippen molar-refractivity contribution in [1.29, 1.82) is 5.26 Å². The molecule has 0 amide bonds. The standard InChI is InChI=1S/C17H13N3O2/c1-22-13-7-8-14-15(11-13)20(10-9-18)17(21)16(19-14)12-5-3-2-4-6-12/h2-8,11H,10H2,1H3. The summed E-state index contributed by atoms with van der Waals surface area (Å²) >= 11 is 0. The van der Waals surface area contributed by atoms with E-state index in [-0.39, 0.29) is 12.1 Å². The second-order valence-electron chi connectivity index (χ2n) is 4.73. The van der Waals surface area contributed by atoms with Crippen molar-refractivity contribution in [3.63, 3.8) is 0 Å². The van der Waals surface area contributed by atoms with E-state index < -0.39 is 0 Å². The van der Waals surface area contributed by atoms with E-state index in [9.17, 15) is 4.79 Å². The molecule has 0 fully saturated rings. The van der Waals surface area contributed by atoms with Gasteiger partial charge in [0.2, 0.25) is 0 Å². The Morgan fingerprint density at radius 1 is 1.23 bits per heavy atom. The number of rotatable bonds is 3.